The number of ether oxygens (including phenoxy) is 1. The van der Waals surface area contributed by atoms with Crippen LogP contribution in [0.25, 0.3) is 0 Å². The molecule has 2 rings (SSSR count). The number of alkyl halides is 1. The Morgan fingerprint density at radius 1 is 1.14 bits per heavy atom. The normalized spacial score (nSPS) is 9.86. The van der Waals surface area contributed by atoms with Gasteiger partial charge < -0.3 is 4.74 Å². The van der Waals surface area contributed by atoms with Gasteiger partial charge in [0.05, 0.1) is 5.56 Å². The van der Waals surface area contributed by atoms with Crippen molar-refractivity contribution in [3.05, 3.63) is 64.4 Å². The molecule has 0 aromatic heterocycles. The van der Waals surface area contributed by atoms with Crippen LogP contribution in [0.4, 0.5) is 4.39 Å². The van der Waals surface area contributed by atoms with Crippen LogP contribution >= 0.6 is 23.2 Å². The molecule has 0 aliphatic heterocycles. The van der Waals surface area contributed by atoms with E-state index < -0.39 is 0 Å². The molecular formula is C17H13Cl2FO. The first kappa shape index (κ1) is 15.7. The molecule has 1 nitrogen and oxygen atoms in total. The summed E-state index contributed by atoms with van der Waals surface area (Å²) in [4.78, 5) is 0. The zero-order chi connectivity index (χ0) is 15.1. The minimum Gasteiger partial charge on any atom is -0.487 e. The van der Waals surface area contributed by atoms with E-state index in [1.165, 1.54) is 12.1 Å². The van der Waals surface area contributed by atoms with Gasteiger partial charge in [-0.1, -0.05) is 35.6 Å². The van der Waals surface area contributed by atoms with E-state index in [1.807, 2.05) is 18.2 Å². The second-order valence-electron chi connectivity index (χ2n) is 4.26. The number of hydrogen-bond acceptors (Lipinski definition) is 1. The molecule has 108 valence electrons. The lowest BCUT2D eigenvalue weighted by Gasteiger charge is -2.09. The summed E-state index contributed by atoms with van der Waals surface area (Å²) in [7, 11) is 0. The highest BCUT2D eigenvalue weighted by Gasteiger charge is 2.06. The fourth-order valence-electron chi connectivity index (χ4n) is 1.71. The smallest absolute Gasteiger partial charge is 0.135 e. The Bertz CT molecular complexity index is 674. The quantitative estimate of drug-likeness (QED) is 0.566. The predicted molar refractivity (Wildman–Crippen MR) is 84.4 cm³/mol. The monoisotopic (exact) mass is 322 g/mol. The van der Waals surface area contributed by atoms with Crippen molar-refractivity contribution in [1.82, 2.24) is 0 Å². The molecule has 0 amide bonds. The first-order valence-corrected chi connectivity index (χ1v) is 7.32. The Kier molecular flexibility index (Phi) is 5.92. The van der Waals surface area contributed by atoms with Gasteiger partial charge in [0.15, 0.2) is 0 Å². The van der Waals surface area contributed by atoms with Crippen LogP contribution in [-0.2, 0) is 6.61 Å². The fourth-order valence-corrected chi connectivity index (χ4v) is 2.00. The maximum Gasteiger partial charge on any atom is 0.135 e. The molecule has 0 saturated heterocycles. The molecule has 21 heavy (non-hydrogen) atoms. The third-order valence-electron chi connectivity index (χ3n) is 2.72. The van der Waals surface area contributed by atoms with E-state index in [1.54, 1.807) is 12.1 Å². The van der Waals surface area contributed by atoms with Gasteiger partial charge in [0, 0.05) is 22.9 Å². The Balaban J connectivity index is 2.13. The second-order valence-corrected chi connectivity index (χ2v) is 5.08. The SMILES string of the molecule is Fc1ccc(Cl)cc1COc1ccccc1C#CCCCl. The standard InChI is InChI=1S/C17H13Cl2FO/c18-10-4-3-6-13-5-1-2-7-17(13)21-12-14-11-15(19)8-9-16(14)20/h1-2,5,7-9,11H,4,10,12H2. The Morgan fingerprint density at radius 3 is 2.76 bits per heavy atom. The summed E-state index contributed by atoms with van der Waals surface area (Å²) in [6.45, 7) is 0.0978. The molecule has 0 fully saturated rings. The van der Waals surface area contributed by atoms with Gasteiger partial charge in [-0.05, 0) is 30.3 Å². The molecule has 2 aromatic rings. The summed E-state index contributed by atoms with van der Waals surface area (Å²) < 4.78 is 19.3. The summed E-state index contributed by atoms with van der Waals surface area (Å²) in [5.74, 6) is 6.71. The molecule has 0 bridgehead atoms. The molecule has 0 aliphatic carbocycles. The summed E-state index contributed by atoms with van der Waals surface area (Å²) in [6.07, 6.45) is 0.610. The highest BCUT2D eigenvalue weighted by Crippen LogP contribution is 2.21. The minimum atomic E-state index is -0.342. The van der Waals surface area contributed by atoms with Crippen LogP contribution in [0, 0.1) is 17.7 Å². The van der Waals surface area contributed by atoms with Crippen molar-refractivity contribution in [3.8, 4) is 17.6 Å². The van der Waals surface area contributed by atoms with Gasteiger partial charge in [0.2, 0.25) is 0 Å². The van der Waals surface area contributed by atoms with E-state index in [0.717, 1.165) is 5.56 Å². The van der Waals surface area contributed by atoms with Crippen molar-refractivity contribution in [1.29, 1.82) is 0 Å². The topological polar surface area (TPSA) is 9.23 Å². The molecule has 0 spiro atoms. The van der Waals surface area contributed by atoms with Crippen LogP contribution in [0.3, 0.4) is 0 Å². The van der Waals surface area contributed by atoms with Crippen LogP contribution in [-0.4, -0.2) is 5.88 Å². The van der Waals surface area contributed by atoms with E-state index in [-0.39, 0.29) is 12.4 Å². The molecule has 0 atom stereocenters. The number of halogens is 3. The van der Waals surface area contributed by atoms with Crippen LogP contribution in [0.5, 0.6) is 5.75 Å². The number of para-hydroxylation sites is 1. The molecule has 4 heteroatoms. The molecule has 0 saturated carbocycles. The third-order valence-corrected chi connectivity index (χ3v) is 3.14. The average Bonchev–Trinajstić information content (AvgIpc) is 2.49. The van der Waals surface area contributed by atoms with Crippen molar-refractivity contribution < 1.29 is 9.13 Å². The molecule has 0 heterocycles. The molecular weight excluding hydrogens is 310 g/mol. The van der Waals surface area contributed by atoms with Crippen molar-refractivity contribution in [2.45, 2.75) is 13.0 Å². The van der Waals surface area contributed by atoms with E-state index in [9.17, 15) is 4.39 Å². The summed E-state index contributed by atoms with van der Waals surface area (Å²) in [6, 6.07) is 11.8. The van der Waals surface area contributed by atoms with Gasteiger partial charge in [0.1, 0.15) is 18.2 Å². The largest absolute Gasteiger partial charge is 0.487 e. The lowest BCUT2D eigenvalue weighted by molar-refractivity contribution is 0.299. The van der Waals surface area contributed by atoms with Gasteiger partial charge in [-0.25, -0.2) is 4.39 Å². The predicted octanol–water partition coefficient (Wildman–Crippen LogP) is 5.04. The molecule has 0 aliphatic rings. The van der Waals surface area contributed by atoms with Gasteiger partial charge >= 0.3 is 0 Å². The Hall–Kier alpha value is -1.69. The highest BCUT2D eigenvalue weighted by atomic mass is 35.5. The van der Waals surface area contributed by atoms with Gasteiger partial charge in [-0.3, -0.25) is 0 Å². The van der Waals surface area contributed by atoms with E-state index >= 15 is 0 Å². The van der Waals surface area contributed by atoms with Crippen LogP contribution in [0.1, 0.15) is 17.5 Å². The van der Waals surface area contributed by atoms with Crippen molar-refractivity contribution in [2.24, 2.45) is 0 Å². The highest BCUT2D eigenvalue weighted by molar-refractivity contribution is 6.30. The first-order chi connectivity index (χ1) is 10.2. The number of hydrogen-bond donors (Lipinski definition) is 0. The summed E-state index contributed by atoms with van der Waals surface area (Å²) in [5, 5.41) is 0.477. The van der Waals surface area contributed by atoms with Gasteiger partial charge in [0.25, 0.3) is 0 Å². The summed E-state index contributed by atoms with van der Waals surface area (Å²) >= 11 is 11.5. The van der Waals surface area contributed by atoms with Crippen molar-refractivity contribution in [2.75, 3.05) is 5.88 Å². The molecule has 0 radical (unpaired) electrons. The van der Waals surface area contributed by atoms with Crippen molar-refractivity contribution >= 4 is 23.2 Å². The third kappa shape index (κ3) is 4.67. The average molecular weight is 323 g/mol. The lowest BCUT2D eigenvalue weighted by atomic mass is 10.2. The van der Waals surface area contributed by atoms with Crippen LogP contribution < -0.4 is 4.74 Å². The van der Waals surface area contributed by atoms with E-state index in [0.29, 0.717) is 28.6 Å². The maximum atomic E-state index is 13.6. The van der Waals surface area contributed by atoms with Crippen molar-refractivity contribution in [3.63, 3.8) is 0 Å². The van der Waals surface area contributed by atoms with E-state index in [2.05, 4.69) is 11.8 Å². The fraction of sp³-hybridized carbons (Fsp3) is 0.176. The number of benzene rings is 2. The molecule has 0 unspecified atom stereocenters. The zero-order valence-electron chi connectivity index (χ0n) is 11.2. The number of rotatable bonds is 4. The summed E-state index contributed by atoms with van der Waals surface area (Å²) in [5.41, 5.74) is 1.16. The van der Waals surface area contributed by atoms with Gasteiger partial charge in [-0.15, -0.1) is 11.6 Å². The van der Waals surface area contributed by atoms with Gasteiger partial charge in [-0.2, -0.15) is 0 Å². The van der Waals surface area contributed by atoms with Crippen LogP contribution in [0.15, 0.2) is 42.5 Å². The lowest BCUT2D eigenvalue weighted by Crippen LogP contribution is -1.99. The second kappa shape index (κ2) is 7.93. The van der Waals surface area contributed by atoms with Crippen LogP contribution in [0.2, 0.25) is 5.02 Å². The Morgan fingerprint density at radius 2 is 1.95 bits per heavy atom. The maximum absolute atomic E-state index is 13.6. The zero-order valence-corrected chi connectivity index (χ0v) is 12.7. The first-order valence-electron chi connectivity index (χ1n) is 6.41. The molecule has 0 N–H and O–H groups in total. The minimum absolute atomic E-state index is 0.0978. The van der Waals surface area contributed by atoms with E-state index in [4.69, 9.17) is 27.9 Å². The molecule has 2 aromatic carbocycles. The Labute approximate surface area is 133 Å².